The number of pyridine rings is 1. The second-order valence-corrected chi connectivity index (χ2v) is 5.42. The summed E-state index contributed by atoms with van der Waals surface area (Å²) in [6.45, 7) is 6.63. The summed E-state index contributed by atoms with van der Waals surface area (Å²) in [4.78, 5) is 4.15. The van der Waals surface area contributed by atoms with Crippen molar-refractivity contribution in [3.05, 3.63) is 47.8 Å². The van der Waals surface area contributed by atoms with Crippen LogP contribution in [0.4, 0.5) is 5.69 Å². The van der Waals surface area contributed by atoms with Crippen molar-refractivity contribution < 1.29 is 9.47 Å². The van der Waals surface area contributed by atoms with Crippen LogP contribution in [0.3, 0.4) is 0 Å². The van der Waals surface area contributed by atoms with E-state index < -0.39 is 5.79 Å². The number of nitrogens with zero attached hydrogens (tertiary/aromatic N) is 1. The average molecular weight is 270 g/mol. The third-order valence-electron chi connectivity index (χ3n) is 3.29. The van der Waals surface area contributed by atoms with Gasteiger partial charge in [-0.05, 0) is 36.2 Å². The van der Waals surface area contributed by atoms with Crippen LogP contribution in [0.15, 0.2) is 36.7 Å². The van der Waals surface area contributed by atoms with Crippen LogP contribution in [0.25, 0.3) is 0 Å². The van der Waals surface area contributed by atoms with Gasteiger partial charge < -0.3 is 14.8 Å². The Hall–Kier alpha value is -2.23. The van der Waals surface area contributed by atoms with Crippen molar-refractivity contribution >= 4 is 5.69 Å². The third kappa shape index (κ3) is 2.54. The first kappa shape index (κ1) is 12.8. The molecule has 4 heteroatoms. The number of anilines is 1. The van der Waals surface area contributed by atoms with E-state index in [2.05, 4.69) is 17.2 Å². The lowest BCUT2D eigenvalue weighted by atomic mass is 10.1. The second kappa shape index (κ2) is 4.71. The molecule has 3 rings (SSSR count). The standard InChI is InChI=1S/C16H18N2O2/c1-11-6-7-17-9-12(11)10-18-13-4-5-14-15(8-13)20-16(2,3)19-14/h4-9,18H,10H2,1-3H3. The van der Waals surface area contributed by atoms with E-state index in [1.54, 1.807) is 0 Å². The third-order valence-corrected chi connectivity index (χ3v) is 3.29. The fourth-order valence-electron chi connectivity index (χ4n) is 2.21. The first-order valence-corrected chi connectivity index (χ1v) is 6.69. The van der Waals surface area contributed by atoms with E-state index in [4.69, 9.17) is 9.47 Å². The predicted molar refractivity (Wildman–Crippen MR) is 78.1 cm³/mol. The summed E-state index contributed by atoms with van der Waals surface area (Å²) in [5.41, 5.74) is 3.42. The number of hydrogen-bond donors (Lipinski definition) is 1. The number of hydrogen-bond acceptors (Lipinski definition) is 4. The summed E-state index contributed by atoms with van der Waals surface area (Å²) in [6.07, 6.45) is 3.69. The molecule has 0 atom stereocenters. The maximum Gasteiger partial charge on any atom is 0.246 e. The Morgan fingerprint density at radius 3 is 2.75 bits per heavy atom. The first-order chi connectivity index (χ1) is 9.53. The van der Waals surface area contributed by atoms with E-state index in [0.29, 0.717) is 0 Å². The van der Waals surface area contributed by atoms with Crippen molar-refractivity contribution in [2.24, 2.45) is 0 Å². The lowest BCUT2D eigenvalue weighted by Gasteiger charge is -2.16. The highest BCUT2D eigenvalue weighted by molar-refractivity contribution is 5.56. The molecule has 20 heavy (non-hydrogen) atoms. The highest BCUT2D eigenvalue weighted by Crippen LogP contribution is 2.40. The van der Waals surface area contributed by atoms with Crippen LogP contribution in [-0.4, -0.2) is 10.8 Å². The van der Waals surface area contributed by atoms with Crippen molar-refractivity contribution in [3.63, 3.8) is 0 Å². The maximum absolute atomic E-state index is 5.74. The molecule has 1 N–H and O–H groups in total. The van der Waals surface area contributed by atoms with Gasteiger partial charge in [0.25, 0.3) is 0 Å². The van der Waals surface area contributed by atoms with Crippen LogP contribution in [0.1, 0.15) is 25.0 Å². The number of aromatic nitrogens is 1. The van der Waals surface area contributed by atoms with Crippen LogP contribution in [0.5, 0.6) is 11.5 Å². The smallest absolute Gasteiger partial charge is 0.246 e. The quantitative estimate of drug-likeness (QED) is 0.927. The zero-order chi connectivity index (χ0) is 14.2. The Balaban J connectivity index is 1.73. The molecule has 2 heterocycles. The number of benzene rings is 1. The second-order valence-electron chi connectivity index (χ2n) is 5.42. The molecule has 0 saturated carbocycles. The molecule has 0 amide bonds. The number of fused-ring (bicyclic) bond motifs is 1. The molecule has 4 nitrogen and oxygen atoms in total. The zero-order valence-corrected chi connectivity index (χ0v) is 11.9. The fraction of sp³-hybridized carbons (Fsp3) is 0.312. The largest absolute Gasteiger partial charge is 0.449 e. The molecule has 1 aromatic carbocycles. The van der Waals surface area contributed by atoms with Gasteiger partial charge in [0.1, 0.15) is 0 Å². The molecule has 0 radical (unpaired) electrons. The Kier molecular flexibility index (Phi) is 3.01. The van der Waals surface area contributed by atoms with Gasteiger partial charge in [0.15, 0.2) is 11.5 Å². The van der Waals surface area contributed by atoms with Crippen LogP contribution in [-0.2, 0) is 6.54 Å². The molecular formula is C16H18N2O2. The highest BCUT2D eigenvalue weighted by atomic mass is 16.7. The van der Waals surface area contributed by atoms with Gasteiger partial charge in [-0.2, -0.15) is 0 Å². The normalized spacial score (nSPS) is 15.2. The molecule has 0 aliphatic carbocycles. The van der Waals surface area contributed by atoms with Crippen molar-refractivity contribution in [3.8, 4) is 11.5 Å². The van der Waals surface area contributed by atoms with Gasteiger partial charge in [0.2, 0.25) is 5.79 Å². The molecule has 1 aromatic heterocycles. The Morgan fingerprint density at radius 2 is 1.95 bits per heavy atom. The minimum atomic E-state index is -0.582. The molecule has 104 valence electrons. The van der Waals surface area contributed by atoms with Gasteiger partial charge >= 0.3 is 0 Å². The fourth-order valence-corrected chi connectivity index (χ4v) is 2.21. The molecule has 0 unspecified atom stereocenters. The van der Waals surface area contributed by atoms with E-state index in [9.17, 15) is 0 Å². The molecule has 1 aliphatic heterocycles. The summed E-state index contributed by atoms with van der Waals surface area (Å²) in [5.74, 6) is 0.988. The van der Waals surface area contributed by atoms with Crippen LogP contribution in [0.2, 0.25) is 0 Å². The van der Waals surface area contributed by atoms with Crippen molar-refractivity contribution in [2.45, 2.75) is 33.1 Å². The maximum atomic E-state index is 5.74. The van der Waals surface area contributed by atoms with Crippen molar-refractivity contribution in [2.75, 3.05) is 5.32 Å². The lowest BCUT2D eigenvalue weighted by molar-refractivity contribution is -0.0431. The molecule has 0 bridgehead atoms. The summed E-state index contributed by atoms with van der Waals surface area (Å²) in [5, 5.41) is 3.38. The van der Waals surface area contributed by atoms with Gasteiger partial charge in [0, 0.05) is 44.5 Å². The van der Waals surface area contributed by atoms with Crippen LogP contribution in [0, 0.1) is 6.92 Å². The van der Waals surface area contributed by atoms with E-state index >= 15 is 0 Å². The summed E-state index contributed by atoms with van der Waals surface area (Å²) < 4.78 is 11.4. The Labute approximate surface area is 118 Å². The topological polar surface area (TPSA) is 43.4 Å². The minimum absolute atomic E-state index is 0.582. The Bertz CT molecular complexity index is 638. The van der Waals surface area contributed by atoms with Crippen molar-refractivity contribution in [1.29, 1.82) is 0 Å². The molecule has 0 spiro atoms. The van der Waals surface area contributed by atoms with Gasteiger partial charge in [-0.1, -0.05) is 0 Å². The molecule has 1 aliphatic rings. The highest BCUT2D eigenvalue weighted by Gasteiger charge is 2.31. The first-order valence-electron chi connectivity index (χ1n) is 6.69. The van der Waals surface area contributed by atoms with E-state index in [1.165, 1.54) is 11.1 Å². The van der Waals surface area contributed by atoms with Gasteiger partial charge in [-0.15, -0.1) is 0 Å². The zero-order valence-electron chi connectivity index (χ0n) is 11.9. The van der Waals surface area contributed by atoms with Gasteiger partial charge in [0.05, 0.1) is 0 Å². The summed E-state index contributed by atoms with van der Waals surface area (Å²) >= 11 is 0. The molecule has 0 saturated heterocycles. The SMILES string of the molecule is Cc1ccncc1CNc1ccc2c(c1)OC(C)(C)O2. The number of ether oxygens (including phenoxy) is 2. The van der Waals surface area contributed by atoms with Gasteiger partial charge in [-0.3, -0.25) is 4.98 Å². The van der Waals surface area contributed by atoms with E-state index in [0.717, 1.165) is 23.7 Å². The minimum Gasteiger partial charge on any atom is -0.449 e. The number of nitrogens with one attached hydrogen (secondary N) is 1. The van der Waals surface area contributed by atoms with Crippen LogP contribution >= 0.6 is 0 Å². The molecular weight excluding hydrogens is 252 g/mol. The summed E-state index contributed by atoms with van der Waals surface area (Å²) in [6, 6.07) is 7.91. The van der Waals surface area contributed by atoms with E-state index in [1.807, 2.05) is 50.5 Å². The average Bonchev–Trinajstić information content (AvgIpc) is 2.71. The monoisotopic (exact) mass is 270 g/mol. The van der Waals surface area contributed by atoms with E-state index in [-0.39, 0.29) is 0 Å². The van der Waals surface area contributed by atoms with Gasteiger partial charge in [-0.25, -0.2) is 0 Å². The number of rotatable bonds is 3. The van der Waals surface area contributed by atoms with Crippen molar-refractivity contribution in [1.82, 2.24) is 4.98 Å². The summed E-state index contributed by atoms with van der Waals surface area (Å²) in [7, 11) is 0. The molecule has 0 fully saturated rings. The molecule has 2 aromatic rings. The number of aryl methyl sites for hydroxylation is 1. The Morgan fingerprint density at radius 1 is 1.15 bits per heavy atom. The van der Waals surface area contributed by atoms with Crippen LogP contribution < -0.4 is 14.8 Å². The lowest BCUT2D eigenvalue weighted by Crippen LogP contribution is -2.29. The predicted octanol–water partition coefficient (Wildman–Crippen LogP) is 3.51.